The molecule has 3 rings (SSSR count). The molecule has 2 saturated heterocycles. The summed E-state index contributed by atoms with van der Waals surface area (Å²) in [6.07, 6.45) is 6.30. The molecule has 0 saturated carbocycles. The van der Waals surface area contributed by atoms with Gasteiger partial charge in [0, 0.05) is 13.1 Å². The zero-order valence-corrected chi connectivity index (χ0v) is 19.7. The van der Waals surface area contributed by atoms with E-state index in [1.165, 1.54) is 7.11 Å². The lowest BCUT2D eigenvalue weighted by Crippen LogP contribution is -2.44. The van der Waals surface area contributed by atoms with Gasteiger partial charge in [0.2, 0.25) is 5.91 Å². The van der Waals surface area contributed by atoms with Gasteiger partial charge in [-0.15, -0.1) is 0 Å². The number of likely N-dealkylation sites (tertiary alicyclic amines) is 1. The molecule has 1 aromatic rings. The third kappa shape index (κ3) is 5.18. The van der Waals surface area contributed by atoms with E-state index in [9.17, 15) is 14.4 Å². The van der Waals surface area contributed by atoms with Crippen molar-refractivity contribution in [2.45, 2.75) is 19.3 Å². The third-order valence-corrected chi connectivity index (χ3v) is 6.48. The first kappa shape index (κ1) is 22.7. The Morgan fingerprint density at radius 2 is 2.00 bits per heavy atom. The summed E-state index contributed by atoms with van der Waals surface area (Å²) in [4.78, 5) is 40.6. The number of ether oxygens (including phenoxy) is 2. The maximum atomic E-state index is 12.8. The summed E-state index contributed by atoms with van der Waals surface area (Å²) in [7, 11) is 1.54. The van der Waals surface area contributed by atoms with Gasteiger partial charge >= 0.3 is 0 Å². The van der Waals surface area contributed by atoms with E-state index in [1.807, 2.05) is 6.07 Å². The Bertz CT molecular complexity index is 896. The molecule has 0 radical (unpaired) electrons. The van der Waals surface area contributed by atoms with Gasteiger partial charge in [-0.25, -0.2) is 0 Å². The van der Waals surface area contributed by atoms with Crippen LogP contribution in [0.25, 0.3) is 6.08 Å². The molecule has 0 N–H and O–H groups in total. The Balaban J connectivity index is 1.77. The molecule has 0 unspecified atom stereocenters. The molecule has 160 valence electrons. The van der Waals surface area contributed by atoms with E-state index in [4.69, 9.17) is 9.47 Å². The van der Waals surface area contributed by atoms with E-state index >= 15 is 0 Å². The number of benzene rings is 1. The Kier molecular flexibility index (Phi) is 7.81. The first-order valence-corrected chi connectivity index (χ1v) is 11.5. The van der Waals surface area contributed by atoms with Crippen LogP contribution in [0.4, 0.5) is 4.79 Å². The van der Waals surface area contributed by atoms with E-state index in [2.05, 4.69) is 29.2 Å². The zero-order chi connectivity index (χ0) is 21.7. The Morgan fingerprint density at radius 1 is 1.27 bits per heavy atom. The highest BCUT2D eigenvalue weighted by Gasteiger charge is 2.37. The monoisotopic (exact) mass is 542 g/mol. The van der Waals surface area contributed by atoms with Gasteiger partial charge in [0.25, 0.3) is 11.1 Å². The van der Waals surface area contributed by atoms with Crippen LogP contribution in [0, 0.1) is 3.57 Å². The van der Waals surface area contributed by atoms with Crippen molar-refractivity contribution in [1.82, 2.24) is 9.80 Å². The number of piperidine rings is 1. The number of hydrogen-bond donors (Lipinski definition) is 0. The van der Waals surface area contributed by atoms with Crippen molar-refractivity contribution in [3.63, 3.8) is 0 Å². The summed E-state index contributed by atoms with van der Waals surface area (Å²) >= 11 is 2.97. The lowest BCUT2D eigenvalue weighted by molar-refractivity contribution is -0.136. The number of imide groups is 1. The fourth-order valence-electron chi connectivity index (χ4n) is 3.27. The number of nitrogens with zero attached hydrogens (tertiary/aromatic N) is 2. The minimum absolute atomic E-state index is 0.182. The van der Waals surface area contributed by atoms with Crippen molar-refractivity contribution in [1.29, 1.82) is 0 Å². The number of hydrogen-bond acceptors (Lipinski definition) is 6. The summed E-state index contributed by atoms with van der Waals surface area (Å²) in [5.74, 6) is 0.486. The molecule has 3 amide bonds. The number of methoxy groups -OCH3 is 1. The molecule has 0 aromatic heterocycles. The van der Waals surface area contributed by atoms with Crippen LogP contribution in [-0.2, 0) is 9.59 Å². The van der Waals surface area contributed by atoms with Crippen LogP contribution in [0.3, 0.4) is 0 Å². The second-order valence-corrected chi connectivity index (χ2v) is 9.00. The number of carbonyl (C=O) groups excluding carboxylic acids is 3. The molecule has 1 aromatic carbocycles. The van der Waals surface area contributed by atoms with Gasteiger partial charge in [0.05, 0.1) is 15.6 Å². The van der Waals surface area contributed by atoms with Crippen molar-refractivity contribution in [2.75, 3.05) is 33.4 Å². The highest BCUT2D eigenvalue weighted by atomic mass is 127. The second-order valence-electron chi connectivity index (χ2n) is 6.84. The molecular weight excluding hydrogens is 519 g/mol. The summed E-state index contributed by atoms with van der Waals surface area (Å²) in [6, 6.07) is 3.59. The molecule has 2 heterocycles. The van der Waals surface area contributed by atoms with Crippen molar-refractivity contribution < 1.29 is 23.9 Å². The average Bonchev–Trinajstić information content (AvgIpc) is 3.00. The number of rotatable bonds is 7. The third-order valence-electron chi connectivity index (χ3n) is 4.77. The van der Waals surface area contributed by atoms with Crippen LogP contribution in [0.5, 0.6) is 11.5 Å². The second kappa shape index (κ2) is 10.3. The number of carbonyl (C=O) groups is 3. The van der Waals surface area contributed by atoms with E-state index < -0.39 is 11.1 Å². The molecule has 2 aliphatic rings. The van der Waals surface area contributed by atoms with Gasteiger partial charge in [-0.1, -0.05) is 12.7 Å². The summed E-state index contributed by atoms with van der Waals surface area (Å²) in [6.45, 7) is 5.14. The van der Waals surface area contributed by atoms with Crippen LogP contribution >= 0.6 is 34.4 Å². The van der Waals surface area contributed by atoms with Gasteiger partial charge < -0.3 is 14.4 Å². The highest BCUT2D eigenvalue weighted by Crippen LogP contribution is 2.37. The van der Waals surface area contributed by atoms with Crippen LogP contribution in [-0.4, -0.2) is 60.2 Å². The maximum absolute atomic E-state index is 12.8. The Hall–Kier alpha value is -2.01. The molecule has 0 spiro atoms. The van der Waals surface area contributed by atoms with Crippen molar-refractivity contribution in [3.05, 3.63) is 38.8 Å². The lowest BCUT2D eigenvalue weighted by Gasteiger charge is -2.27. The average molecular weight is 542 g/mol. The minimum atomic E-state index is -0.448. The smallest absolute Gasteiger partial charge is 0.294 e. The molecule has 9 heteroatoms. The van der Waals surface area contributed by atoms with Crippen LogP contribution in [0.15, 0.2) is 29.7 Å². The molecule has 2 fully saturated rings. The van der Waals surface area contributed by atoms with Crippen LogP contribution in [0.1, 0.15) is 24.8 Å². The first-order chi connectivity index (χ1) is 14.4. The van der Waals surface area contributed by atoms with E-state index in [0.29, 0.717) is 36.8 Å². The van der Waals surface area contributed by atoms with Gasteiger partial charge in [0.15, 0.2) is 11.5 Å². The lowest BCUT2D eigenvalue weighted by atomic mass is 10.1. The van der Waals surface area contributed by atoms with E-state index in [1.54, 1.807) is 23.1 Å². The normalized spacial score (nSPS) is 18.1. The van der Waals surface area contributed by atoms with E-state index in [-0.39, 0.29) is 17.4 Å². The predicted molar refractivity (Wildman–Crippen MR) is 125 cm³/mol. The molecule has 0 bridgehead atoms. The van der Waals surface area contributed by atoms with E-state index in [0.717, 1.165) is 39.5 Å². The first-order valence-electron chi connectivity index (χ1n) is 9.59. The standard InChI is InChI=1S/C21H23IN2O5S/c1-3-9-29-19-15(22)10-14(11-16(19)28-2)12-17-20(26)24(21(27)30-17)13-18(25)23-7-5-4-6-8-23/h3,10-12H,1,4-9,13H2,2H3/b17-12-. The molecule has 7 nitrogen and oxygen atoms in total. The fourth-order valence-corrected chi connectivity index (χ4v) is 4.89. The fraction of sp³-hybridized carbons (Fsp3) is 0.381. The summed E-state index contributed by atoms with van der Waals surface area (Å²) < 4.78 is 11.9. The van der Waals surface area contributed by atoms with Crippen molar-refractivity contribution in [3.8, 4) is 11.5 Å². The molecule has 2 aliphatic heterocycles. The Morgan fingerprint density at radius 3 is 2.67 bits per heavy atom. The number of halogens is 1. The summed E-state index contributed by atoms with van der Waals surface area (Å²) in [5, 5.41) is -0.427. The maximum Gasteiger partial charge on any atom is 0.294 e. The zero-order valence-electron chi connectivity index (χ0n) is 16.7. The van der Waals surface area contributed by atoms with Gasteiger partial charge in [0.1, 0.15) is 13.2 Å². The van der Waals surface area contributed by atoms with Crippen molar-refractivity contribution in [2.24, 2.45) is 0 Å². The van der Waals surface area contributed by atoms with Crippen molar-refractivity contribution >= 4 is 57.5 Å². The van der Waals surface area contributed by atoms with Crippen LogP contribution in [0.2, 0.25) is 0 Å². The largest absolute Gasteiger partial charge is 0.493 e. The topological polar surface area (TPSA) is 76.2 Å². The number of amides is 3. The molecule has 30 heavy (non-hydrogen) atoms. The molecular formula is C21H23IN2O5S. The van der Waals surface area contributed by atoms with Gasteiger partial charge in [-0.2, -0.15) is 0 Å². The quantitative estimate of drug-likeness (QED) is 0.296. The van der Waals surface area contributed by atoms with Crippen LogP contribution < -0.4 is 9.47 Å². The molecule has 0 aliphatic carbocycles. The predicted octanol–water partition coefficient (Wildman–Crippen LogP) is 3.91. The summed E-state index contributed by atoms with van der Waals surface area (Å²) in [5.41, 5.74) is 0.704. The van der Waals surface area contributed by atoms with Gasteiger partial charge in [-0.05, 0) is 77.4 Å². The highest BCUT2D eigenvalue weighted by molar-refractivity contribution is 14.1. The number of thioether (sulfide) groups is 1. The minimum Gasteiger partial charge on any atom is -0.493 e. The SMILES string of the molecule is C=CCOc1c(I)cc(/C=C2\SC(=O)N(CC(=O)N3CCCCC3)C2=O)cc1OC. The Labute approximate surface area is 193 Å². The van der Waals surface area contributed by atoms with Gasteiger partial charge in [-0.3, -0.25) is 19.3 Å². The molecule has 0 atom stereocenters.